The standard InChI is InChI=1S/C10H12N2OS/c1-2-12-7-5-3-4-6-8(7)14-9(11)10(12)13/h3-6,9H,2,11H2,1H3. The molecule has 1 amide bonds. The minimum absolute atomic E-state index is 0.00352. The number of thioether (sulfide) groups is 1. The number of benzene rings is 1. The second-order valence-electron chi connectivity index (χ2n) is 3.09. The van der Waals surface area contributed by atoms with Gasteiger partial charge in [-0.1, -0.05) is 23.9 Å². The van der Waals surface area contributed by atoms with Gasteiger partial charge in [-0.25, -0.2) is 0 Å². The Balaban J connectivity index is 2.47. The number of nitrogens with two attached hydrogens (primary N) is 1. The lowest BCUT2D eigenvalue weighted by Gasteiger charge is -2.31. The minimum Gasteiger partial charge on any atom is -0.311 e. The number of rotatable bonds is 1. The van der Waals surface area contributed by atoms with Gasteiger partial charge in [-0.3, -0.25) is 4.79 Å². The van der Waals surface area contributed by atoms with Crippen LogP contribution in [0.2, 0.25) is 0 Å². The van der Waals surface area contributed by atoms with Gasteiger partial charge in [-0.2, -0.15) is 0 Å². The highest BCUT2D eigenvalue weighted by Crippen LogP contribution is 2.36. The zero-order chi connectivity index (χ0) is 10.1. The molecule has 1 aromatic rings. The van der Waals surface area contributed by atoms with Gasteiger partial charge in [0, 0.05) is 11.4 Å². The summed E-state index contributed by atoms with van der Waals surface area (Å²) < 4.78 is 0. The van der Waals surface area contributed by atoms with E-state index in [0.29, 0.717) is 6.54 Å². The molecule has 2 rings (SSSR count). The molecule has 2 N–H and O–H groups in total. The van der Waals surface area contributed by atoms with E-state index in [1.807, 2.05) is 31.2 Å². The number of nitrogens with zero attached hydrogens (tertiary/aromatic N) is 1. The fourth-order valence-corrected chi connectivity index (χ4v) is 2.52. The lowest BCUT2D eigenvalue weighted by atomic mass is 10.2. The number of fused-ring (bicyclic) bond motifs is 1. The van der Waals surface area contributed by atoms with Crippen LogP contribution in [0.25, 0.3) is 0 Å². The molecule has 0 bridgehead atoms. The van der Waals surface area contributed by atoms with Gasteiger partial charge in [-0.05, 0) is 19.1 Å². The summed E-state index contributed by atoms with van der Waals surface area (Å²) in [5.74, 6) is -0.00352. The van der Waals surface area contributed by atoms with Crippen molar-refractivity contribution in [3.8, 4) is 0 Å². The van der Waals surface area contributed by atoms with Crippen molar-refractivity contribution in [3.05, 3.63) is 24.3 Å². The van der Waals surface area contributed by atoms with Crippen LogP contribution in [0.4, 0.5) is 5.69 Å². The van der Waals surface area contributed by atoms with Crippen LogP contribution in [0.15, 0.2) is 29.2 Å². The van der Waals surface area contributed by atoms with E-state index in [4.69, 9.17) is 5.73 Å². The summed E-state index contributed by atoms with van der Waals surface area (Å²) in [5.41, 5.74) is 6.71. The topological polar surface area (TPSA) is 46.3 Å². The van der Waals surface area contributed by atoms with E-state index < -0.39 is 5.37 Å². The summed E-state index contributed by atoms with van der Waals surface area (Å²) in [4.78, 5) is 14.5. The molecule has 0 spiro atoms. The van der Waals surface area contributed by atoms with Crippen molar-refractivity contribution < 1.29 is 4.79 Å². The average Bonchev–Trinajstić information content (AvgIpc) is 2.20. The Morgan fingerprint density at radius 3 is 2.93 bits per heavy atom. The van der Waals surface area contributed by atoms with E-state index in [1.54, 1.807) is 4.90 Å². The Bertz CT molecular complexity index is 367. The third-order valence-corrected chi connectivity index (χ3v) is 3.29. The minimum atomic E-state index is -0.454. The SMILES string of the molecule is CCN1C(=O)C(N)Sc2ccccc21. The number of carbonyl (C=O) groups excluding carboxylic acids is 1. The molecule has 0 radical (unpaired) electrons. The number of para-hydroxylation sites is 1. The van der Waals surface area contributed by atoms with Crippen molar-refractivity contribution >= 4 is 23.4 Å². The molecule has 0 fully saturated rings. The van der Waals surface area contributed by atoms with Crippen LogP contribution < -0.4 is 10.6 Å². The quantitative estimate of drug-likeness (QED) is 0.759. The molecular weight excluding hydrogens is 196 g/mol. The van der Waals surface area contributed by atoms with Crippen molar-refractivity contribution in [2.24, 2.45) is 5.73 Å². The van der Waals surface area contributed by atoms with E-state index >= 15 is 0 Å². The lowest BCUT2D eigenvalue weighted by molar-refractivity contribution is -0.118. The maximum absolute atomic E-state index is 11.7. The molecule has 1 heterocycles. The van der Waals surface area contributed by atoms with Crippen LogP contribution in [0, 0.1) is 0 Å². The maximum atomic E-state index is 11.7. The van der Waals surface area contributed by atoms with E-state index in [1.165, 1.54) is 11.8 Å². The summed E-state index contributed by atoms with van der Waals surface area (Å²) in [7, 11) is 0. The van der Waals surface area contributed by atoms with Crippen LogP contribution in [0.3, 0.4) is 0 Å². The monoisotopic (exact) mass is 208 g/mol. The predicted octanol–water partition coefficient (Wildman–Crippen LogP) is 1.43. The largest absolute Gasteiger partial charge is 0.311 e. The highest BCUT2D eigenvalue weighted by molar-refractivity contribution is 8.00. The van der Waals surface area contributed by atoms with Gasteiger partial charge in [0.1, 0.15) is 5.37 Å². The fourth-order valence-electron chi connectivity index (χ4n) is 1.57. The van der Waals surface area contributed by atoms with Gasteiger partial charge in [0.15, 0.2) is 0 Å². The summed E-state index contributed by atoms with van der Waals surface area (Å²) in [6, 6.07) is 7.85. The van der Waals surface area contributed by atoms with Crippen molar-refractivity contribution in [2.75, 3.05) is 11.4 Å². The van der Waals surface area contributed by atoms with Crippen molar-refractivity contribution in [2.45, 2.75) is 17.2 Å². The zero-order valence-electron chi connectivity index (χ0n) is 7.93. The average molecular weight is 208 g/mol. The van der Waals surface area contributed by atoms with Crippen LogP contribution in [-0.4, -0.2) is 17.8 Å². The van der Waals surface area contributed by atoms with E-state index in [9.17, 15) is 4.79 Å². The number of anilines is 1. The molecule has 1 unspecified atom stereocenters. The van der Waals surface area contributed by atoms with Gasteiger partial charge >= 0.3 is 0 Å². The second-order valence-corrected chi connectivity index (χ2v) is 4.27. The van der Waals surface area contributed by atoms with Crippen LogP contribution in [0.5, 0.6) is 0 Å². The normalized spacial score (nSPS) is 20.9. The first-order valence-electron chi connectivity index (χ1n) is 4.56. The molecule has 74 valence electrons. The van der Waals surface area contributed by atoms with Gasteiger partial charge < -0.3 is 10.6 Å². The van der Waals surface area contributed by atoms with Gasteiger partial charge in [-0.15, -0.1) is 0 Å². The second kappa shape index (κ2) is 3.63. The smallest absolute Gasteiger partial charge is 0.254 e. The summed E-state index contributed by atoms with van der Waals surface area (Å²) in [6.45, 7) is 2.63. The highest BCUT2D eigenvalue weighted by atomic mass is 32.2. The van der Waals surface area contributed by atoms with Crippen LogP contribution in [0.1, 0.15) is 6.92 Å². The third kappa shape index (κ3) is 1.40. The van der Waals surface area contributed by atoms with E-state index in [-0.39, 0.29) is 5.91 Å². The van der Waals surface area contributed by atoms with Gasteiger partial charge in [0.05, 0.1) is 5.69 Å². The fraction of sp³-hybridized carbons (Fsp3) is 0.300. The highest BCUT2D eigenvalue weighted by Gasteiger charge is 2.29. The van der Waals surface area contributed by atoms with E-state index in [2.05, 4.69) is 0 Å². The molecule has 4 heteroatoms. The first kappa shape index (κ1) is 9.55. The number of hydrogen-bond acceptors (Lipinski definition) is 3. The van der Waals surface area contributed by atoms with Crippen LogP contribution in [-0.2, 0) is 4.79 Å². The molecule has 0 saturated heterocycles. The Kier molecular flexibility index (Phi) is 2.48. The molecule has 1 aromatic carbocycles. The molecule has 14 heavy (non-hydrogen) atoms. The summed E-state index contributed by atoms with van der Waals surface area (Å²) >= 11 is 1.43. The number of likely N-dealkylation sites (N-methyl/N-ethyl adjacent to an activating group) is 1. The molecule has 1 aliphatic heterocycles. The van der Waals surface area contributed by atoms with Crippen molar-refractivity contribution in [1.29, 1.82) is 0 Å². The summed E-state index contributed by atoms with van der Waals surface area (Å²) in [5, 5.41) is -0.454. The Hall–Kier alpha value is -1.00. The van der Waals surface area contributed by atoms with Crippen molar-refractivity contribution in [1.82, 2.24) is 0 Å². The maximum Gasteiger partial charge on any atom is 0.254 e. The van der Waals surface area contributed by atoms with Gasteiger partial charge in [0.2, 0.25) is 0 Å². The van der Waals surface area contributed by atoms with Gasteiger partial charge in [0.25, 0.3) is 5.91 Å². The van der Waals surface area contributed by atoms with Crippen LogP contribution >= 0.6 is 11.8 Å². The Labute approximate surface area is 87.3 Å². The molecule has 3 nitrogen and oxygen atoms in total. The number of hydrogen-bond donors (Lipinski definition) is 1. The first-order chi connectivity index (χ1) is 6.74. The molecule has 0 aliphatic carbocycles. The third-order valence-electron chi connectivity index (χ3n) is 2.24. The molecule has 0 saturated carbocycles. The molecular formula is C10H12N2OS. The Morgan fingerprint density at radius 1 is 1.50 bits per heavy atom. The molecule has 1 atom stereocenters. The Morgan fingerprint density at radius 2 is 2.21 bits per heavy atom. The predicted molar refractivity (Wildman–Crippen MR) is 58.3 cm³/mol. The lowest BCUT2D eigenvalue weighted by Crippen LogP contribution is -2.44. The van der Waals surface area contributed by atoms with Crippen molar-refractivity contribution in [3.63, 3.8) is 0 Å². The van der Waals surface area contributed by atoms with E-state index in [0.717, 1.165) is 10.6 Å². The summed E-state index contributed by atoms with van der Waals surface area (Å²) in [6.07, 6.45) is 0. The molecule has 0 aromatic heterocycles. The zero-order valence-corrected chi connectivity index (χ0v) is 8.75. The first-order valence-corrected chi connectivity index (χ1v) is 5.44. The molecule has 1 aliphatic rings. The number of carbonyl (C=O) groups is 1. The number of amides is 1.